The van der Waals surface area contributed by atoms with Gasteiger partial charge in [0.15, 0.2) is 6.61 Å². The normalized spacial score (nSPS) is 16.7. The number of likely N-dealkylation sites (tertiary alicyclic amines) is 1. The molecule has 26 heavy (non-hydrogen) atoms. The van der Waals surface area contributed by atoms with Crippen molar-refractivity contribution in [1.29, 1.82) is 0 Å². The minimum atomic E-state index is -0.114. The third kappa shape index (κ3) is 5.36. The van der Waals surface area contributed by atoms with Crippen molar-refractivity contribution in [2.24, 2.45) is 0 Å². The summed E-state index contributed by atoms with van der Waals surface area (Å²) in [7, 11) is 0. The molecule has 1 fully saturated rings. The Morgan fingerprint density at radius 2 is 1.88 bits per heavy atom. The highest BCUT2D eigenvalue weighted by Gasteiger charge is 2.24. The number of nitrogens with one attached hydrogen (secondary N) is 1. The van der Waals surface area contributed by atoms with Crippen molar-refractivity contribution in [1.82, 2.24) is 10.2 Å². The lowest BCUT2D eigenvalue weighted by atomic mass is 10.1. The molecule has 1 amide bonds. The third-order valence-corrected chi connectivity index (χ3v) is 4.84. The van der Waals surface area contributed by atoms with E-state index in [4.69, 9.17) is 9.15 Å². The SMILES string of the molecule is Cc1ccc(OCC(=O)NCC(c2ccco2)N2CCCCCC2)cc1. The number of furan rings is 1. The smallest absolute Gasteiger partial charge is 0.258 e. The van der Waals surface area contributed by atoms with Crippen molar-refractivity contribution in [3.8, 4) is 5.75 Å². The minimum Gasteiger partial charge on any atom is -0.484 e. The molecule has 0 spiro atoms. The zero-order valence-electron chi connectivity index (χ0n) is 15.4. The first kappa shape index (κ1) is 18.5. The first-order valence-corrected chi connectivity index (χ1v) is 9.46. The van der Waals surface area contributed by atoms with Gasteiger partial charge in [-0.3, -0.25) is 9.69 Å². The van der Waals surface area contributed by atoms with Gasteiger partial charge in [0.1, 0.15) is 11.5 Å². The van der Waals surface area contributed by atoms with E-state index in [0.717, 1.165) is 18.8 Å². The van der Waals surface area contributed by atoms with Gasteiger partial charge in [-0.25, -0.2) is 0 Å². The number of benzene rings is 1. The van der Waals surface area contributed by atoms with Crippen LogP contribution in [0.2, 0.25) is 0 Å². The predicted molar refractivity (Wildman–Crippen MR) is 101 cm³/mol. The molecule has 0 aliphatic carbocycles. The van der Waals surface area contributed by atoms with Crippen molar-refractivity contribution in [2.45, 2.75) is 38.6 Å². The standard InChI is InChI=1S/C21H28N2O3/c1-17-8-10-18(11-9-17)26-16-21(24)22-15-19(20-7-6-14-25-20)23-12-4-2-3-5-13-23/h6-11,14,19H,2-5,12-13,15-16H2,1H3,(H,22,24). The van der Waals surface area contributed by atoms with Crippen LogP contribution in [0.5, 0.6) is 5.75 Å². The van der Waals surface area contributed by atoms with E-state index >= 15 is 0 Å². The van der Waals surface area contributed by atoms with Crippen LogP contribution >= 0.6 is 0 Å². The highest BCUT2D eigenvalue weighted by Crippen LogP contribution is 2.24. The Hall–Kier alpha value is -2.27. The summed E-state index contributed by atoms with van der Waals surface area (Å²) in [5.74, 6) is 1.50. The molecule has 2 heterocycles. The molecule has 1 aliphatic rings. The van der Waals surface area contributed by atoms with E-state index < -0.39 is 0 Å². The Labute approximate surface area is 155 Å². The second-order valence-corrected chi connectivity index (χ2v) is 6.89. The van der Waals surface area contributed by atoms with Gasteiger partial charge >= 0.3 is 0 Å². The predicted octanol–water partition coefficient (Wildman–Crippen LogP) is 3.70. The molecule has 1 N–H and O–H groups in total. The summed E-state index contributed by atoms with van der Waals surface area (Å²) in [4.78, 5) is 14.6. The van der Waals surface area contributed by atoms with Crippen LogP contribution in [0.1, 0.15) is 43.0 Å². The fraction of sp³-hybridized carbons (Fsp3) is 0.476. The van der Waals surface area contributed by atoms with Crippen LogP contribution in [0.25, 0.3) is 0 Å². The van der Waals surface area contributed by atoms with E-state index in [2.05, 4.69) is 10.2 Å². The molecular weight excluding hydrogens is 328 g/mol. The number of carbonyl (C=O) groups is 1. The van der Waals surface area contributed by atoms with Gasteiger partial charge in [0.25, 0.3) is 5.91 Å². The third-order valence-electron chi connectivity index (χ3n) is 4.84. The number of ether oxygens (including phenoxy) is 1. The molecule has 140 valence electrons. The summed E-state index contributed by atoms with van der Waals surface area (Å²) in [5.41, 5.74) is 1.17. The zero-order valence-corrected chi connectivity index (χ0v) is 15.4. The lowest BCUT2D eigenvalue weighted by Crippen LogP contribution is -2.40. The van der Waals surface area contributed by atoms with Crippen LogP contribution < -0.4 is 10.1 Å². The van der Waals surface area contributed by atoms with Gasteiger partial charge in [-0.1, -0.05) is 30.5 Å². The Morgan fingerprint density at radius 3 is 2.54 bits per heavy atom. The maximum absolute atomic E-state index is 12.2. The number of hydrogen-bond acceptors (Lipinski definition) is 4. The van der Waals surface area contributed by atoms with Gasteiger partial charge in [-0.15, -0.1) is 0 Å². The van der Waals surface area contributed by atoms with Crippen LogP contribution in [-0.2, 0) is 4.79 Å². The second kappa shape index (κ2) is 9.43. The van der Waals surface area contributed by atoms with Crippen molar-refractivity contribution < 1.29 is 13.9 Å². The number of rotatable bonds is 7. The number of nitrogens with zero attached hydrogens (tertiary/aromatic N) is 1. The Morgan fingerprint density at radius 1 is 1.15 bits per heavy atom. The van der Waals surface area contributed by atoms with Gasteiger partial charge in [-0.05, 0) is 57.1 Å². The van der Waals surface area contributed by atoms with Crippen molar-refractivity contribution in [3.05, 3.63) is 54.0 Å². The number of amides is 1. The van der Waals surface area contributed by atoms with Crippen molar-refractivity contribution >= 4 is 5.91 Å². The van der Waals surface area contributed by atoms with Crippen LogP contribution in [0, 0.1) is 6.92 Å². The van der Waals surface area contributed by atoms with Gasteiger partial charge in [0.2, 0.25) is 0 Å². The molecule has 2 aromatic rings. The Kier molecular flexibility index (Phi) is 6.72. The molecule has 0 radical (unpaired) electrons. The van der Waals surface area contributed by atoms with Gasteiger partial charge in [-0.2, -0.15) is 0 Å². The molecule has 1 saturated heterocycles. The minimum absolute atomic E-state index is 0.0218. The summed E-state index contributed by atoms with van der Waals surface area (Å²) in [5, 5.41) is 3.00. The summed E-state index contributed by atoms with van der Waals surface area (Å²) in [6, 6.07) is 11.7. The van der Waals surface area contributed by atoms with E-state index in [1.54, 1.807) is 6.26 Å². The fourth-order valence-corrected chi connectivity index (χ4v) is 3.34. The molecular formula is C21H28N2O3. The maximum Gasteiger partial charge on any atom is 0.258 e. The lowest BCUT2D eigenvalue weighted by molar-refractivity contribution is -0.123. The molecule has 3 rings (SSSR count). The van der Waals surface area contributed by atoms with Crippen molar-refractivity contribution in [2.75, 3.05) is 26.2 Å². The van der Waals surface area contributed by atoms with E-state index in [1.807, 2.05) is 43.3 Å². The van der Waals surface area contributed by atoms with E-state index in [-0.39, 0.29) is 18.6 Å². The van der Waals surface area contributed by atoms with Crippen LogP contribution in [0.4, 0.5) is 0 Å². The molecule has 5 nitrogen and oxygen atoms in total. The first-order valence-electron chi connectivity index (χ1n) is 9.46. The van der Waals surface area contributed by atoms with E-state index in [9.17, 15) is 4.79 Å². The summed E-state index contributed by atoms with van der Waals surface area (Å²) in [6.45, 7) is 4.66. The quantitative estimate of drug-likeness (QED) is 0.822. The molecule has 1 unspecified atom stereocenters. The maximum atomic E-state index is 12.2. The lowest BCUT2D eigenvalue weighted by Gasteiger charge is -2.29. The topological polar surface area (TPSA) is 54.7 Å². The van der Waals surface area contributed by atoms with E-state index in [0.29, 0.717) is 12.3 Å². The largest absolute Gasteiger partial charge is 0.484 e. The molecule has 0 saturated carbocycles. The molecule has 1 aromatic heterocycles. The first-order chi connectivity index (χ1) is 12.7. The average molecular weight is 356 g/mol. The van der Waals surface area contributed by atoms with Crippen LogP contribution in [-0.4, -0.2) is 37.0 Å². The molecule has 1 aromatic carbocycles. The average Bonchev–Trinajstić information content (AvgIpc) is 3.04. The van der Waals surface area contributed by atoms with Gasteiger partial charge < -0.3 is 14.5 Å². The number of hydrogen-bond donors (Lipinski definition) is 1. The molecule has 1 aliphatic heterocycles. The Balaban J connectivity index is 1.53. The van der Waals surface area contributed by atoms with E-state index in [1.165, 1.54) is 31.2 Å². The number of aryl methyl sites for hydroxylation is 1. The van der Waals surface area contributed by atoms with Crippen LogP contribution in [0.3, 0.4) is 0 Å². The summed E-state index contributed by atoms with van der Waals surface area (Å²) >= 11 is 0. The molecule has 0 bridgehead atoms. The Bertz CT molecular complexity index is 659. The zero-order chi connectivity index (χ0) is 18.2. The van der Waals surface area contributed by atoms with Gasteiger partial charge in [0, 0.05) is 6.54 Å². The van der Waals surface area contributed by atoms with Crippen molar-refractivity contribution in [3.63, 3.8) is 0 Å². The second-order valence-electron chi connectivity index (χ2n) is 6.89. The summed E-state index contributed by atoms with van der Waals surface area (Å²) in [6.07, 6.45) is 6.64. The monoisotopic (exact) mass is 356 g/mol. The van der Waals surface area contributed by atoms with Gasteiger partial charge in [0.05, 0.1) is 12.3 Å². The number of carbonyl (C=O) groups excluding carboxylic acids is 1. The van der Waals surface area contributed by atoms with Crippen LogP contribution in [0.15, 0.2) is 47.1 Å². The highest BCUT2D eigenvalue weighted by atomic mass is 16.5. The summed E-state index contributed by atoms with van der Waals surface area (Å²) < 4.78 is 11.2. The molecule has 5 heteroatoms. The molecule has 1 atom stereocenters. The fourth-order valence-electron chi connectivity index (χ4n) is 3.34. The highest BCUT2D eigenvalue weighted by molar-refractivity contribution is 5.77.